The Hall–Kier alpha value is -1.75. The van der Waals surface area contributed by atoms with Crippen molar-refractivity contribution < 1.29 is 14.6 Å². The van der Waals surface area contributed by atoms with E-state index in [1.807, 2.05) is 25.1 Å². The van der Waals surface area contributed by atoms with Crippen LogP contribution < -0.4 is 10.6 Å². The van der Waals surface area contributed by atoms with Gasteiger partial charge in [-0.25, -0.2) is 0 Å². The first kappa shape index (κ1) is 14.3. The number of rotatable bonds is 8. The molecule has 0 saturated heterocycles. The van der Waals surface area contributed by atoms with Crippen LogP contribution in [0.2, 0.25) is 0 Å². The second-order valence-corrected chi connectivity index (χ2v) is 3.99. The molecule has 0 saturated carbocycles. The summed E-state index contributed by atoms with van der Waals surface area (Å²) in [5.41, 5.74) is 7.17. The first-order valence-corrected chi connectivity index (χ1v) is 6.04. The standard InChI is InChI=1S/C13H20N2O3/c1-2-8-18-9-7-15(10-13(16)17)12-6-4-3-5-11(12)14/h3-6H,2,7-10,14H2,1H3,(H,16,17). The fraction of sp³-hybridized carbons (Fsp3) is 0.462. The third-order valence-electron chi connectivity index (χ3n) is 2.46. The Morgan fingerprint density at radius 3 is 2.72 bits per heavy atom. The van der Waals surface area contributed by atoms with Crippen molar-refractivity contribution in [2.24, 2.45) is 0 Å². The maximum atomic E-state index is 10.9. The first-order chi connectivity index (χ1) is 8.65. The molecule has 0 fully saturated rings. The number of carboxylic acid groups (broad SMARTS) is 1. The molecule has 5 heteroatoms. The van der Waals surface area contributed by atoms with E-state index >= 15 is 0 Å². The van der Waals surface area contributed by atoms with Crippen LogP contribution in [0, 0.1) is 0 Å². The molecule has 18 heavy (non-hydrogen) atoms. The van der Waals surface area contributed by atoms with Gasteiger partial charge in [0.1, 0.15) is 6.54 Å². The lowest BCUT2D eigenvalue weighted by atomic mass is 10.2. The van der Waals surface area contributed by atoms with Crippen molar-refractivity contribution in [1.82, 2.24) is 0 Å². The number of para-hydroxylation sites is 2. The average molecular weight is 252 g/mol. The minimum atomic E-state index is -0.881. The normalized spacial score (nSPS) is 10.3. The number of nitrogen functional groups attached to an aromatic ring is 1. The second-order valence-electron chi connectivity index (χ2n) is 3.99. The summed E-state index contributed by atoms with van der Waals surface area (Å²) in [4.78, 5) is 12.6. The van der Waals surface area contributed by atoms with Crippen LogP contribution in [0.4, 0.5) is 11.4 Å². The molecule has 100 valence electrons. The molecule has 0 aliphatic carbocycles. The number of hydrogen-bond acceptors (Lipinski definition) is 4. The quantitative estimate of drug-likeness (QED) is 0.542. The number of aliphatic carboxylic acids is 1. The van der Waals surface area contributed by atoms with Crippen LogP contribution >= 0.6 is 0 Å². The number of hydrogen-bond donors (Lipinski definition) is 2. The van der Waals surface area contributed by atoms with Crippen molar-refractivity contribution >= 4 is 17.3 Å². The van der Waals surface area contributed by atoms with Crippen LogP contribution in [0.1, 0.15) is 13.3 Å². The van der Waals surface area contributed by atoms with Gasteiger partial charge in [-0.2, -0.15) is 0 Å². The lowest BCUT2D eigenvalue weighted by molar-refractivity contribution is -0.135. The van der Waals surface area contributed by atoms with Gasteiger partial charge in [-0.3, -0.25) is 4.79 Å². The van der Waals surface area contributed by atoms with Crippen LogP contribution in [0.5, 0.6) is 0 Å². The van der Waals surface area contributed by atoms with Crippen LogP contribution in [0.15, 0.2) is 24.3 Å². The number of ether oxygens (including phenoxy) is 1. The van der Waals surface area contributed by atoms with Crippen molar-refractivity contribution in [3.8, 4) is 0 Å². The Morgan fingerprint density at radius 2 is 2.11 bits per heavy atom. The lowest BCUT2D eigenvalue weighted by Gasteiger charge is -2.24. The molecule has 0 unspecified atom stereocenters. The van der Waals surface area contributed by atoms with Crippen molar-refractivity contribution in [2.45, 2.75) is 13.3 Å². The fourth-order valence-corrected chi connectivity index (χ4v) is 1.64. The second kappa shape index (κ2) is 7.55. The van der Waals surface area contributed by atoms with E-state index in [1.54, 1.807) is 11.0 Å². The highest BCUT2D eigenvalue weighted by molar-refractivity contribution is 5.77. The van der Waals surface area contributed by atoms with Crippen molar-refractivity contribution in [2.75, 3.05) is 36.9 Å². The summed E-state index contributed by atoms with van der Waals surface area (Å²) >= 11 is 0. The topological polar surface area (TPSA) is 75.8 Å². The summed E-state index contributed by atoms with van der Waals surface area (Å²) in [6.07, 6.45) is 0.951. The minimum absolute atomic E-state index is 0.0797. The van der Waals surface area contributed by atoms with Gasteiger partial charge in [-0.1, -0.05) is 19.1 Å². The molecule has 0 aliphatic rings. The van der Waals surface area contributed by atoms with E-state index in [4.69, 9.17) is 15.6 Å². The Morgan fingerprint density at radius 1 is 1.39 bits per heavy atom. The Bertz CT molecular complexity index is 382. The summed E-state index contributed by atoms with van der Waals surface area (Å²) in [5.74, 6) is -0.881. The zero-order chi connectivity index (χ0) is 13.4. The lowest BCUT2D eigenvalue weighted by Crippen LogP contribution is -2.33. The summed E-state index contributed by atoms with van der Waals surface area (Å²) in [6, 6.07) is 7.24. The molecule has 1 aromatic rings. The van der Waals surface area contributed by atoms with Crippen molar-refractivity contribution in [3.05, 3.63) is 24.3 Å². The molecular formula is C13H20N2O3. The first-order valence-electron chi connectivity index (χ1n) is 6.04. The van der Waals surface area contributed by atoms with E-state index in [0.717, 1.165) is 12.1 Å². The van der Waals surface area contributed by atoms with Gasteiger partial charge in [-0.05, 0) is 18.6 Å². The minimum Gasteiger partial charge on any atom is -0.480 e. The highest BCUT2D eigenvalue weighted by Gasteiger charge is 2.12. The zero-order valence-electron chi connectivity index (χ0n) is 10.6. The van der Waals surface area contributed by atoms with Gasteiger partial charge in [0.15, 0.2) is 0 Å². The number of carboxylic acids is 1. The number of anilines is 2. The maximum absolute atomic E-state index is 10.9. The van der Waals surface area contributed by atoms with E-state index in [9.17, 15) is 4.79 Å². The van der Waals surface area contributed by atoms with Gasteiger partial charge in [0.2, 0.25) is 0 Å². The molecule has 0 heterocycles. The number of nitrogens with two attached hydrogens (primary N) is 1. The number of nitrogens with zero attached hydrogens (tertiary/aromatic N) is 1. The van der Waals surface area contributed by atoms with Gasteiger partial charge in [0.25, 0.3) is 0 Å². The van der Waals surface area contributed by atoms with Crippen LogP contribution in [0.3, 0.4) is 0 Å². The van der Waals surface area contributed by atoms with Crippen LogP contribution in [0.25, 0.3) is 0 Å². The maximum Gasteiger partial charge on any atom is 0.323 e. The van der Waals surface area contributed by atoms with Crippen molar-refractivity contribution in [1.29, 1.82) is 0 Å². The molecule has 0 radical (unpaired) electrons. The third-order valence-corrected chi connectivity index (χ3v) is 2.46. The molecule has 3 N–H and O–H groups in total. The van der Waals surface area contributed by atoms with Gasteiger partial charge in [0.05, 0.1) is 18.0 Å². The van der Waals surface area contributed by atoms with Gasteiger partial charge >= 0.3 is 5.97 Å². The summed E-state index contributed by atoms with van der Waals surface area (Å²) < 4.78 is 5.38. The van der Waals surface area contributed by atoms with E-state index < -0.39 is 5.97 Å². The molecular weight excluding hydrogens is 232 g/mol. The zero-order valence-corrected chi connectivity index (χ0v) is 10.6. The molecule has 0 aliphatic heterocycles. The molecule has 0 atom stereocenters. The fourth-order valence-electron chi connectivity index (χ4n) is 1.64. The molecule has 0 bridgehead atoms. The Kier molecular flexibility index (Phi) is 6.00. The van der Waals surface area contributed by atoms with Crippen LogP contribution in [-0.2, 0) is 9.53 Å². The summed E-state index contributed by atoms with van der Waals surface area (Å²) in [6.45, 7) is 3.65. The SMILES string of the molecule is CCCOCCN(CC(=O)O)c1ccccc1N. The molecule has 1 aromatic carbocycles. The highest BCUT2D eigenvalue weighted by Crippen LogP contribution is 2.21. The smallest absolute Gasteiger partial charge is 0.323 e. The van der Waals surface area contributed by atoms with E-state index in [1.165, 1.54) is 0 Å². The van der Waals surface area contributed by atoms with Gasteiger partial charge in [-0.15, -0.1) is 0 Å². The van der Waals surface area contributed by atoms with Gasteiger partial charge in [0, 0.05) is 13.2 Å². The molecule has 1 rings (SSSR count). The predicted molar refractivity (Wildman–Crippen MR) is 71.8 cm³/mol. The highest BCUT2D eigenvalue weighted by atomic mass is 16.5. The van der Waals surface area contributed by atoms with Crippen molar-refractivity contribution in [3.63, 3.8) is 0 Å². The largest absolute Gasteiger partial charge is 0.480 e. The van der Waals surface area contributed by atoms with E-state index in [2.05, 4.69) is 0 Å². The molecule has 5 nitrogen and oxygen atoms in total. The number of benzene rings is 1. The molecule has 0 aromatic heterocycles. The monoisotopic (exact) mass is 252 g/mol. The van der Waals surface area contributed by atoms with E-state index in [-0.39, 0.29) is 6.54 Å². The average Bonchev–Trinajstić information content (AvgIpc) is 2.33. The third kappa shape index (κ3) is 4.63. The van der Waals surface area contributed by atoms with Crippen LogP contribution in [-0.4, -0.2) is 37.4 Å². The Balaban J connectivity index is 2.66. The molecule has 0 amide bonds. The summed E-state index contributed by atoms with van der Waals surface area (Å²) in [7, 11) is 0. The molecule has 0 spiro atoms. The number of carbonyl (C=O) groups is 1. The van der Waals surface area contributed by atoms with E-state index in [0.29, 0.717) is 25.4 Å². The Labute approximate surface area is 107 Å². The predicted octanol–water partition coefficient (Wildman–Crippen LogP) is 1.59. The van der Waals surface area contributed by atoms with Gasteiger partial charge < -0.3 is 20.5 Å². The summed E-state index contributed by atoms with van der Waals surface area (Å²) in [5, 5.41) is 8.92.